The molecule has 2 rings (SSSR count). The van der Waals surface area contributed by atoms with Gasteiger partial charge in [-0.15, -0.1) is 0 Å². The second-order valence-electron chi connectivity index (χ2n) is 7.77. The van der Waals surface area contributed by atoms with E-state index in [0.717, 1.165) is 51.4 Å². The van der Waals surface area contributed by atoms with Crippen molar-refractivity contribution in [2.45, 2.75) is 45.1 Å². The average Bonchev–Trinajstić information content (AvgIpc) is 2.65. The van der Waals surface area contributed by atoms with Crippen molar-refractivity contribution in [3.05, 3.63) is 0 Å². The average molecular weight is 367 g/mol. The predicted octanol–water partition coefficient (Wildman–Crippen LogP) is 0.484. The number of piperidine rings is 2. The third-order valence-corrected chi connectivity index (χ3v) is 5.37. The summed E-state index contributed by atoms with van der Waals surface area (Å²) < 4.78 is 0. The van der Waals surface area contributed by atoms with Crippen molar-refractivity contribution in [1.29, 1.82) is 0 Å². The highest BCUT2D eigenvalue weighted by Gasteiger charge is 2.22. The molecule has 7 nitrogen and oxygen atoms in total. The highest BCUT2D eigenvalue weighted by atomic mass is 16.2. The summed E-state index contributed by atoms with van der Waals surface area (Å²) in [6.07, 6.45) is 5.68. The molecule has 26 heavy (non-hydrogen) atoms. The molecule has 0 radical (unpaired) electrons. The minimum Gasteiger partial charge on any atom is -0.356 e. The van der Waals surface area contributed by atoms with Crippen LogP contribution in [0.25, 0.3) is 0 Å². The third kappa shape index (κ3) is 7.50. The Morgan fingerprint density at radius 1 is 1.15 bits per heavy atom. The standard InChI is InChI=1S/C19H38N6O/c1-4-9-21-18(26)15-25-11-7-17(8-12-25)23-19(20-2)22-13-16-6-5-10-24(3)14-16/h16-17H,4-15H2,1-3H3,(H,21,26)(H2,20,22,23). The first-order chi connectivity index (χ1) is 12.6. The van der Waals surface area contributed by atoms with Gasteiger partial charge in [-0.3, -0.25) is 14.7 Å². The molecule has 1 amide bonds. The number of hydrogen-bond donors (Lipinski definition) is 3. The predicted molar refractivity (Wildman–Crippen MR) is 107 cm³/mol. The summed E-state index contributed by atoms with van der Waals surface area (Å²) in [6, 6.07) is 0.435. The number of rotatable bonds is 7. The molecule has 3 N–H and O–H groups in total. The van der Waals surface area contributed by atoms with Crippen molar-refractivity contribution in [1.82, 2.24) is 25.8 Å². The van der Waals surface area contributed by atoms with Gasteiger partial charge in [0.15, 0.2) is 5.96 Å². The fraction of sp³-hybridized carbons (Fsp3) is 0.895. The molecule has 150 valence electrons. The number of amides is 1. The molecule has 0 aromatic heterocycles. The molecule has 2 aliphatic rings. The molecule has 1 unspecified atom stereocenters. The Bertz CT molecular complexity index is 447. The molecule has 7 heteroatoms. The number of aliphatic imine (C=N–C) groups is 1. The number of carbonyl (C=O) groups excluding carboxylic acids is 1. The largest absolute Gasteiger partial charge is 0.356 e. The van der Waals surface area contributed by atoms with Crippen LogP contribution >= 0.6 is 0 Å². The molecule has 2 saturated heterocycles. The summed E-state index contributed by atoms with van der Waals surface area (Å²) in [4.78, 5) is 20.9. The van der Waals surface area contributed by atoms with E-state index < -0.39 is 0 Å². The second kappa shape index (κ2) is 11.4. The minimum atomic E-state index is 0.146. The van der Waals surface area contributed by atoms with E-state index >= 15 is 0 Å². The summed E-state index contributed by atoms with van der Waals surface area (Å²) in [5, 5.41) is 10.0. The summed E-state index contributed by atoms with van der Waals surface area (Å²) in [5.74, 6) is 1.77. The van der Waals surface area contributed by atoms with Gasteiger partial charge in [0.25, 0.3) is 0 Å². The summed E-state index contributed by atoms with van der Waals surface area (Å²) >= 11 is 0. The lowest BCUT2D eigenvalue weighted by Gasteiger charge is -2.33. The van der Waals surface area contributed by atoms with Crippen LogP contribution in [-0.2, 0) is 4.79 Å². The maximum absolute atomic E-state index is 11.8. The van der Waals surface area contributed by atoms with Crippen LogP contribution in [0, 0.1) is 5.92 Å². The second-order valence-corrected chi connectivity index (χ2v) is 7.77. The highest BCUT2D eigenvalue weighted by Crippen LogP contribution is 2.14. The fourth-order valence-corrected chi connectivity index (χ4v) is 3.83. The van der Waals surface area contributed by atoms with Crippen LogP contribution < -0.4 is 16.0 Å². The molecule has 0 aromatic rings. The van der Waals surface area contributed by atoms with Crippen molar-refractivity contribution < 1.29 is 4.79 Å². The van der Waals surface area contributed by atoms with Crippen LogP contribution in [0.4, 0.5) is 0 Å². The topological polar surface area (TPSA) is 72.0 Å². The zero-order valence-corrected chi connectivity index (χ0v) is 16.9. The highest BCUT2D eigenvalue weighted by molar-refractivity contribution is 5.80. The number of likely N-dealkylation sites (tertiary alicyclic amines) is 2. The molecular formula is C19H38N6O. The molecule has 0 aromatic carbocycles. The summed E-state index contributed by atoms with van der Waals surface area (Å²) in [7, 11) is 4.05. The van der Waals surface area contributed by atoms with Gasteiger partial charge in [-0.25, -0.2) is 0 Å². The van der Waals surface area contributed by atoms with Crippen molar-refractivity contribution in [3.8, 4) is 0 Å². The molecule has 0 spiro atoms. The SMILES string of the molecule is CCCNC(=O)CN1CCC(NC(=NC)NCC2CCCN(C)C2)CC1. The maximum atomic E-state index is 11.8. The van der Waals surface area contributed by atoms with Gasteiger partial charge < -0.3 is 20.9 Å². The Hall–Kier alpha value is -1.34. The van der Waals surface area contributed by atoms with Gasteiger partial charge in [0.2, 0.25) is 5.91 Å². The molecule has 0 saturated carbocycles. The third-order valence-electron chi connectivity index (χ3n) is 5.37. The molecule has 2 heterocycles. The van der Waals surface area contributed by atoms with Crippen LogP contribution in [0.5, 0.6) is 0 Å². The molecule has 2 aliphatic heterocycles. The Morgan fingerprint density at radius 3 is 2.58 bits per heavy atom. The molecular weight excluding hydrogens is 328 g/mol. The van der Waals surface area contributed by atoms with E-state index in [1.807, 2.05) is 7.05 Å². The van der Waals surface area contributed by atoms with E-state index in [0.29, 0.717) is 18.5 Å². The molecule has 0 aliphatic carbocycles. The van der Waals surface area contributed by atoms with Crippen LogP contribution in [0.15, 0.2) is 4.99 Å². The van der Waals surface area contributed by atoms with Crippen molar-refractivity contribution in [2.75, 3.05) is 59.9 Å². The lowest BCUT2D eigenvalue weighted by Crippen LogP contribution is -2.51. The molecule has 0 bridgehead atoms. The van der Waals surface area contributed by atoms with E-state index in [2.05, 4.69) is 44.7 Å². The van der Waals surface area contributed by atoms with E-state index in [1.54, 1.807) is 0 Å². The van der Waals surface area contributed by atoms with E-state index in [9.17, 15) is 4.79 Å². The Morgan fingerprint density at radius 2 is 1.92 bits per heavy atom. The number of nitrogens with zero attached hydrogens (tertiary/aromatic N) is 3. The van der Waals surface area contributed by atoms with E-state index in [-0.39, 0.29) is 5.91 Å². The van der Waals surface area contributed by atoms with Crippen molar-refractivity contribution in [3.63, 3.8) is 0 Å². The smallest absolute Gasteiger partial charge is 0.234 e. The van der Waals surface area contributed by atoms with Gasteiger partial charge in [-0.2, -0.15) is 0 Å². The minimum absolute atomic E-state index is 0.146. The number of nitrogens with one attached hydrogen (secondary N) is 3. The van der Waals surface area contributed by atoms with Crippen molar-refractivity contribution >= 4 is 11.9 Å². The lowest BCUT2D eigenvalue weighted by molar-refractivity contribution is -0.122. The first-order valence-electron chi connectivity index (χ1n) is 10.3. The lowest BCUT2D eigenvalue weighted by atomic mass is 9.98. The van der Waals surface area contributed by atoms with Gasteiger partial charge in [-0.05, 0) is 51.6 Å². The van der Waals surface area contributed by atoms with Gasteiger partial charge in [-0.1, -0.05) is 6.92 Å². The van der Waals surface area contributed by atoms with Crippen LogP contribution in [-0.4, -0.2) is 87.6 Å². The van der Waals surface area contributed by atoms with E-state index in [1.165, 1.54) is 25.9 Å². The monoisotopic (exact) mass is 366 g/mol. The normalized spacial score (nSPS) is 23.7. The quantitative estimate of drug-likeness (QED) is 0.452. The van der Waals surface area contributed by atoms with Crippen LogP contribution in [0.3, 0.4) is 0 Å². The van der Waals surface area contributed by atoms with Gasteiger partial charge in [0, 0.05) is 45.8 Å². The van der Waals surface area contributed by atoms with Crippen LogP contribution in [0.2, 0.25) is 0 Å². The number of carbonyl (C=O) groups is 1. The van der Waals surface area contributed by atoms with Gasteiger partial charge >= 0.3 is 0 Å². The van der Waals surface area contributed by atoms with Gasteiger partial charge in [0.05, 0.1) is 6.54 Å². The fourth-order valence-electron chi connectivity index (χ4n) is 3.83. The summed E-state index contributed by atoms with van der Waals surface area (Å²) in [6.45, 7) is 8.67. The number of guanidine groups is 1. The molecule has 2 fully saturated rings. The van der Waals surface area contributed by atoms with Gasteiger partial charge in [0.1, 0.15) is 0 Å². The summed E-state index contributed by atoms with van der Waals surface area (Å²) in [5.41, 5.74) is 0. The van der Waals surface area contributed by atoms with E-state index in [4.69, 9.17) is 0 Å². The van der Waals surface area contributed by atoms with Crippen molar-refractivity contribution in [2.24, 2.45) is 10.9 Å². The Kier molecular flexibility index (Phi) is 9.18. The van der Waals surface area contributed by atoms with Crippen LogP contribution in [0.1, 0.15) is 39.0 Å². The zero-order valence-electron chi connectivity index (χ0n) is 16.9. The molecule has 1 atom stereocenters. The first kappa shape index (κ1) is 21.0. The first-order valence-corrected chi connectivity index (χ1v) is 10.3. The Balaban J connectivity index is 1.64. The number of hydrogen-bond acceptors (Lipinski definition) is 4. The zero-order chi connectivity index (χ0) is 18.8. The Labute approximate surface area is 159 Å². The maximum Gasteiger partial charge on any atom is 0.234 e.